The van der Waals surface area contributed by atoms with E-state index in [1.807, 2.05) is 78.9 Å². The van der Waals surface area contributed by atoms with Gasteiger partial charge in [-0.05, 0) is 41.5 Å². The summed E-state index contributed by atoms with van der Waals surface area (Å²) in [5, 5.41) is 6.04. The van der Waals surface area contributed by atoms with E-state index in [4.69, 9.17) is 5.73 Å². The molecule has 2 amide bonds. The molecule has 5 rings (SSSR count). The van der Waals surface area contributed by atoms with Crippen molar-refractivity contribution in [3.05, 3.63) is 114 Å². The Labute approximate surface area is 225 Å². The number of hydrogen-bond acceptors (Lipinski definition) is 5. The number of Topliss-reactive ketones (excluding diaryl/α,β-unsaturated/α-hetero) is 1. The molecule has 0 aliphatic heterocycles. The number of imidazole rings is 1. The molecule has 0 unspecified atom stereocenters. The lowest BCUT2D eigenvalue weighted by Crippen LogP contribution is -2.18. The van der Waals surface area contributed by atoms with Gasteiger partial charge < -0.3 is 15.6 Å². The van der Waals surface area contributed by atoms with Gasteiger partial charge in [0.1, 0.15) is 0 Å². The van der Waals surface area contributed by atoms with Gasteiger partial charge in [0.2, 0.25) is 11.9 Å². The number of hydrogen-bond donors (Lipinski definition) is 3. The van der Waals surface area contributed by atoms with E-state index in [2.05, 4.69) is 15.6 Å². The predicted molar refractivity (Wildman–Crippen MR) is 153 cm³/mol. The maximum Gasteiger partial charge on any atom is 0.257 e. The summed E-state index contributed by atoms with van der Waals surface area (Å²) in [6.07, 6.45) is 0.0867. The van der Waals surface area contributed by atoms with Gasteiger partial charge in [0, 0.05) is 29.8 Å². The maximum atomic E-state index is 13.2. The molecule has 0 fully saturated rings. The molecule has 0 aliphatic rings. The fraction of sp³-hybridized carbons (Fsp3) is 0.0968. The second-order valence-electron chi connectivity index (χ2n) is 9.05. The number of carbonyl (C=O) groups is 3. The van der Waals surface area contributed by atoms with E-state index in [1.165, 1.54) is 0 Å². The third kappa shape index (κ3) is 6.02. The largest absolute Gasteiger partial charge is 0.378 e. The van der Waals surface area contributed by atoms with Crippen molar-refractivity contribution in [3.8, 4) is 11.1 Å². The molecule has 0 spiro atoms. The normalized spacial score (nSPS) is 10.8. The number of aromatic nitrogens is 2. The number of fused-ring (bicyclic) bond motifs is 1. The van der Waals surface area contributed by atoms with Crippen LogP contribution in [0, 0.1) is 0 Å². The van der Waals surface area contributed by atoms with Gasteiger partial charge in [-0.15, -0.1) is 0 Å². The molecule has 39 heavy (non-hydrogen) atoms. The highest BCUT2D eigenvalue weighted by Crippen LogP contribution is 2.25. The van der Waals surface area contributed by atoms with Crippen molar-refractivity contribution in [2.45, 2.75) is 13.0 Å². The third-order valence-corrected chi connectivity index (χ3v) is 6.34. The van der Waals surface area contributed by atoms with E-state index in [9.17, 15) is 14.4 Å². The molecule has 0 saturated heterocycles. The van der Waals surface area contributed by atoms with E-state index >= 15 is 0 Å². The fourth-order valence-corrected chi connectivity index (χ4v) is 4.34. The number of anilines is 2. The SMILES string of the molecule is NC(=O)CCn1c(NC(=O)c2cccc(-c3ccccc3)c2)nc2cc(NCC(=O)c3ccccc3)ccc21. The average molecular weight is 518 g/mol. The highest BCUT2D eigenvalue weighted by molar-refractivity contribution is 6.05. The summed E-state index contributed by atoms with van der Waals surface area (Å²) >= 11 is 0. The van der Waals surface area contributed by atoms with Crippen LogP contribution < -0.4 is 16.4 Å². The zero-order valence-corrected chi connectivity index (χ0v) is 21.1. The molecule has 8 nitrogen and oxygen atoms in total. The molecular formula is C31H27N5O3. The van der Waals surface area contributed by atoms with Crippen molar-refractivity contribution in [2.75, 3.05) is 17.2 Å². The van der Waals surface area contributed by atoms with Gasteiger partial charge in [-0.2, -0.15) is 0 Å². The van der Waals surface area contributed by atoms with Gasteiger partial charge in [-0.1, -0.05) is 72.8 Å². The smallest absolute Gasteiger partial charge is 0.257 e. The summed E-state index contributed by atoms with van der Waals surface area (Å²) in [5.41, 5.74) is 10.5. The number of nitrogens with two attached hydrogens (primary N) is 1. The first-order valence-electron chi connectivity index (χ1n) is 12.6. The first kappa shape index (κ1) is 25.4. The van der Waals surface area contributed by atoms with Gasteiger partial charge in [-0.3, -0.25) is 19.7 Å². The zero-order valence-electron chi connectivity index (χ0n) is 21.1. The Balaban J connectivity index is 1.39. The quantitative estimate of drug-likeness (QED) is 0.222. The van der Waals surface area contributed by atoms with E-state index in [1.54, 1.807) is 28.8 Å². The first-order valence-corrected chi connectivity index (χ1v) is 12.6. The molecule has 0 atom stereocenters. The van der Waals surface area contributed by atoms with Gasteiger partial charge >= 0.3 is 0 Å². The molecule has 1 aromatic heterocycles. The summed E-state index contributed by atoms with van der Waals surface area (Å²) in [7, 11) is 0. The van der Waals surface area contributed by atoms with Crippen LogP contribution >= 0.6 is 0 Å². The standard InChI is InChI=1S/C31H27N5O3/c32-29(38)16-17-36-27-15-14-25(33-20-28(37)22-10-5-2-6-11-22)19-26(27)34-31(36)35-30(39)24-13-7-12-23(18-24)21-8-3-1-4-9-21/h1-15,18-19,33H,16-17,20H2,(H2,32,38)(H,34,35,39). The fourth-order valence-electron chi connectivity index (χ4n) is 4.34. The van der Waals surface area contributed by atoms with Gasteiger partial charge in [-0.25, -0.2) is 4.98 Å². The molecule has 4 N–H and O–H groups in total. The van der Waals surface area contributed by atoms with Gasteiger partial charge in [0.15, 0.2) is 5.78 Å². The summed E-state index contributed by atoms with van der Waals surface area (Å²) in [5.74, 6) is -0.509. The summed E-state index contributed by atoms with van der Waals surface area (Å²) in [4.78, 5) is 41.9. The molecule has 0 radical (unpaired) electrons. The number of rotatable bonds is 10. The Morgan fingerprint density at radius 3 is 2.21 bits per heavy atom. The van der Waals surface area contributed by atoms with Crippen LogP contribution in [0.1, 0.15) is 27.1 Å². The van der Waals surface area contributed by atoms with Crippen molar-refractivity contribution in [1.29, 1.82) is 0 Å². The Bertz CT molecular complexity index is 1650. The highest BCUT2D eigenvalue weighted by Gasteiger charge is 2.16. The molecule has 194 valence electrons. The molecule has 0 aliphatic carbocycles. The number of nitrogens with zero attached hydrogens (tertiary/aromatic N) is 2. The lowest BCUT2D eigenvalue weighted by molar-refractivity contribution is -0.118. The van der Waals surface area contributed by atoms with Crippen LogP contribution in [0.3, 0.4) is 0 Å². The minimum absolute atomic E-state index is 0.0339. The van der Waals surface area contributed by atoms with Crippen LogP contribution in [0.4, 0.5) is 11.6 Å². The predicted octanol–water partition coefficient (Wildman–Crippen LogP) is 5.13. The van der Waals surface area contributed by atoms with Crippen molar-refractivity contribution in [2.24, 2.45) is 5.73 Å². The second-order valence-corrected chi connectivity index (χ2v) is 9.05. The number of primary amides is 1. The van der Waals surface area contributed by atoms with Crippen LogP contribution in [-0.4, -0.2) is 33.7 Å². The summed E-state index contributed by atoms with van der Waals surface area (Å²) in [6.45, 7) is 0.379. The average Bonchev–Trinajstić information content (AvgIpc) is 3.31. The van der Waals surface area contributed by atoms with Crippen LogP contribution in [0.15, 0.2) is 103 Å². The Morgan fingerprint density at radius 1 is 0.769 bits per heavy atom. The lowest BCUT2D eigenvalue weighted by atomic mass is 10.0. The minimum Gasteiger partial charge on any atom is -0.378 e. The Hall–Kier alpha value is -5.24. The zero-order chi connectivity index (χ0) is 27.2. The van der Waals surface area contributed by atoms with E-state index < -0.39 is 5.91 Å². The monoisotopic (exact) mass is 517 g/mol. The van der Waals surface area contributed by atoms with Crippen LogP contribution in [-0.2, 0) is 11.3 Å². The first-order chi connectivity index (χ1) is 19.0. The third-order valence-electron chi connectivity index (χ3n) is 6.34. The molecule has 8 heteroatoms. The minimum atomic E-state index is -0.456. The van der Waals surface area contributed by atoms with Crippen molar-refractivity contribution in [1.82, 2.24) is 9.55 Å². The Morgan fingerprint density at radius 2 is 1.46 bits per heavy atom. The number of amides is 2. The van der Waals surface area contributed by atoms with Gasteiger partial charge in [0.25, 0.3) is 5.91 Å². The topological polar surface area (TPSA) is 119 Å². The lowest BCUT2D eigenvalue weighted by Gasteiger charge is -2.10. The van der Waals surface area contributed by atoms with E-state index in [0.29, 0.717) is 28.3 Å². The summed E-state index contributed by atoms with van der Waals surface area (Å²) < 4.78 is 1.76. The maximum absolute atomic E-state index is 13.2. The number of carbonyl (C=O) groups excluding carboxylic acids is 3. The van der Waals surface area contributed by atoms with Crippen LogP contribution in [0.5, 0.6) is 0 Å². The number of ketones is 1. The highest BCUT2D eigenvalue weighted by atomic mass is 16.2. The molecule has 5 aromatic rings. The number of aryl methyl sites for hydroxylation is 1. The van der Waals surface area contributed by atoms with Crippen molar-refractivity contribution >= 4 is 40.3 Å². The number of nitrogens with one attached hydrogen (secondary N) is 2. The van der Waals surface area contributed by atoms with Crippen molar-refractivity contribution < 1.29 is 14.4 Å². The molecule has 1 heterocycles. The van der Waals surface area contributed by atoms with Crippen LogP contribution in [0.25, 0.3) is 22.2 Å². The Kier molecular flexibility index (Phi) is 7.45. The summed E-state index contributed by atoms with van der Waals surface area (Å²) in [6, 6.07) is 31.7. The molecule has 4 aromatic carbocycles. The number of benzene rings is 4. The van der Waals surface area contributed by atoms with Crippen LogP contribution in [0.2, 0.25) is 0 Å². The van der Waals surface area contributed by atoms with E-state index in [0.717, 1.165) is 16.6 Å². The molecule has 0 saturated carbocycles. The molecular weight excluding hydrogens is 490 g/mol. The van der Waals surface area contributed by atoms with E-state index in [-0.39, 0.29) is 31.2 Å². The van der Waals surface area contributed by atoms with Crippen molar-refractivity contribution in [3.63, 3.8) is 0 Å². The second kappa shape index (κ2) is 11.4. The molecule has 0 bridgehead atoms. The van der Waals surface area contributed by atoms with Gasteiger partial charge in [0.05, 0.1) is 17.6 Å².